The number of hydrogen-bond acceptors (Lipinski definition) is 7. The van der Waals surface area contributed by atoms with Gasteiger partial charge in [0.1, 0.15) is 0 Å². The zero-order chi connectivity index (χ0) is 17.6. The minimum absolute atomic E-state index is 0.0750. The number of nitrogens with zero attached hydrogens (tertiary/aromatic N) is 4. The Kier molecular flexibility index (Phi) is 5.30. The van der Waals surface area contributed by atoms with E-state index in [4.69, 9.17) is 0 Å². The number of aromatic nitrogens is 2. The molecular formula is C17H21N5O3. The highest BCUT2D eigenvalue weighted by molar-refractivity contribution is 5.97. The number of hydrogen-bond donors (Lipinski definition) is 3. The molecule has 0 aliphatic carbocycles. The smallest absolute Gasteiger partial charge is 0.255 e. The standard InChI is InChI=1S/C17H21N5O3/c23-14-4-1-3-13(15(14)24)16(25)18-7-8-21-9-11-22(12-10-21)17-19-5-2-6-20-17/h1-6,23-24H,7-12H2,(H,18,25). The van der Waals surface area contributed by atoms with Crippen LogP contribution in [-0.4, -0.2) is 70.3 Å². The minimum atomic E-state index is -0.398. The van der Waals surface area contributed by atoms with Crippen molar-refractivity contribution < 1.29 is 15.0 Å². The Balaban J connectivity index is 1.43. The Morgan fingerprint density at radius 2 is 1.80 bits per heavy atom. The fourth-order valence-electron chi connectivity index (χ4n) is 2.76. The average Bonchev–Trinajstić information content (AvgIpc) is 2.65. The van der Waals surface area contributed by atoms with Crippen molar-refractivity contribution >= 4 is 11.9 Å². The van der Waals surface area contributed by atoms with Crippen LogP contribution in [0.5, 0.6) is 11.5 Å². The molecule has 2 aromatic rings. The molecule has 2 heterocycles. The first kappa shape index (κ1) is 17.0. The van der Waals surface area contributed by atoms with Crippen LogP contribution in [0.25, 0.3) is 0 Å². The molecule has 132 valence electrons. The van der Waals surface area contributed by atoms with Crippen LogP contribution in [0, 0.1) is 0 Å². The van der Waals surface area contributed by atoms with Crippen molar-refractivity contribution in [3.05, 3.63) is 42.2 Å². The highest BCUT2D eigenvalue weighted by Gasteiger charge is 2.19. The Labute approximate surface area is 145 Å². The van der Waals surface area contributed by atoms with E-state index in [1.807, 2.05) is 0 Å². The van der Waals surface area contributed by atoms with Gasteiger partial charge in [0.05, 0.1) is 5.56 Å². The van der Waals surface area contributed by atoms with Gasteiger partial charge in [-0.3, -0.25) is 9.69 Å². The first-order valence-electron chi connectivity index (χ1n) is 8.18. The first-order chi connectivity index (χ1) is 12.1. The van der Waals surface area contributed by atoms with Crippen molar-refractivity contribution in [3.63, 3.8) is 0 Å². The molecule has 8 heteroatoms. The van der Waals surface area contributed by atoms with E-state index in [9.17, 15) is 15.0 Å². The SMILES string of the molecule is O=C(NCCN1CCN(c2ncccn2)CC1)c1cccc(O)c1O. The van der Waals surface area contributed by atoms with E-state index in [1.54, 1.807) is 18.5 Å². The molecule has 0 radical (unpaired) electrons. The predicted molar refractivity (Wildman–Crippen MR) is 92.8 cm³/mol. The van der Waals surface area contributed by atoms with Crippen LogP contribution in [0.1, 0.15) is 10.4 Å². The summed E-state index contributed by atoms with van der Waals surface area (Å²) in [7, 11) is 0. The molecule has 1 amide bonds. The number of para-hydroxylation sites is 1. The highest BCUT2D eigenvalue weighted by Crippen LogP contribution is 2.27. The van der Waals surface area contributed by atoms with Crippen LogP contribution in [0.4, 0.5) is 5.95 Å². The van der Waals surface area contributed by atoms with Gasteiger partial charge in [0, 0.05) is 51.7 Å². The molecule has 0 saturated carbocycles. The zero-order valence-electron chi connectivity index (χ0n) is 13.8. The summed E-state index contributed by atoms with van der Waals surface area (Å²) in [5.74, 6) is -0.345. The second kappa shape index (κ2) is 7.80. The molecule has 0 unspecified atom stereocenters. The van der Waals surface area contributed by atoms with Crippen molar-refractivity contribution in [2.75, 3.05) is 44.2 Å². The third kappa shape index (κ3) is 4.16. The largest absolute Gasteiger partial charge is 0.504 e. The number of nitrogens with one attached hydrogen (secondary N) is 1. The summed E-state index contributed by atoms with van der Waals surface area (Å²) in [6.07, 6.45) is 3.47. The summed E-state index contributed by atoms with van der Waals surface area (Å²) in [4.78, 5) is 25.0. The number of benzene rings is 1. The van der Waals surface area contributed by atoms with Crippen molar-refractivity contribution in [1.82, 2.24) is 20.2 Å². The molecule has 25 heavy (non-hydrogen) atoms. The summed E-state index contributed by atoms with van der Waals surface area (Å²) < 4.78 is 0. The van der Waals surface area contributed by atoms with Crippen molar-refractivity contribution in [2.24, 2.45) is 0 Å². The molecule has 8 nitrogen and oxygen atoms in total. The fraction of sp³-hybridized carbons (Fsp3) is 0.353. The summed E-state index contributed by atoms with van der Waals surface area (Å²) >= 11 is 0. The maximum atomic E-state index is 12.1. The number of carbonyl (C=O) groups is 1. The molecule has 3 N–H and O–H groups in total. The molecular weight excluding hydrogens is 322 g/mol. The molecule has 0 atom stereocenters. The number of phenols is 2. The number of phenolic OH excluding ortho intramolecular Hbond substituents is 2. The van der Waals surface area contributed by atoms with E-state index in [-0.39, 0.29) is 11.3 Å². The summed E-state index contributed by atoms with van der Waals surface area (Å²) in [5.41, 5.74) is 0.0750. The maximum Gasteiger partial charge on any atom is 0.255 e. The monoisotopic (exact) mass is 343 g/mol. The van der Waals surface area contributed by atoms with E-state index in [0.29, 0.717) is 6.54 Å². The Bertz CT molecular complexity index is 717. The number of amides is 1. The van der Waals surface area contributed by atoms with Gasteiger partial charge in [-0.2, -0.15) is 0 Å². The fourth-order valence-corrected chi connectivity index (χ4v) is 2.76. The number of aromatic hydroxyl groups is 2. The molecule has 1 aromatic heterocycles. The quantitative estimate of drug-likeness (QED) is 0.677. The first-order valence-corrected chi connectivity index (χ1v) is 8.18. The number of anilines is 1. The predicted octanol–water partition coefficient (Wildman–Crippen LogP) is 0.440. The van der Waals surface area contributed by atoms with E-state index in [0.717, 1.165) is 38.7 Å². The number of rotatable bonds is 5. The summed E-state index contributed by atoms with van der Waals surface area (Å²) in [6, 6.07) is 6.13. The lowest BCUT2D eigenvalue weighted by Gasteiger charge is -2.34. The van der Waals surface area contributed by atoms with Gasteiger partial charge in [0.15, 0.2) is 11.5 Å². The van der Waals surface area contributed by atoms with Gasteiger partial charge in [-0.25, -0.2) is 9.97 Å². The lowest BCUT2D eigenvalue weighted by Crippen LogP contribution is -2.49. The molecule has 1 aliphatic heterocycles. The summed E-state index contributed by atoms with van der Waals surface area (Å²) in [5, 5.41) is 21.9. The molecule has 3 rings (SSSR count). The van der Waals surface area contributed by atoms with E-state index in [2.05, 4.69) is 25.1 Å². The number of carbonyl (C=O) groups excluding carboxylic acids is 1. The van der Waals surface area contributed by atoms with Gasteiger partial charge >= 0.3 is 0 Å². The van der Waals surface area contributed by atoms with Gasteiger partial charge in [-0.15, -0.1) is 0 Å². The molecule has 0 spiro atoms. The Morgan fingerprint density at radius 1 is 1.08 bits per heavy atom. The second-order valence-electron chi connectivity index (χ2n) is 5.81. The van der Waals surface area contributed by atoms with Crippen LogP contribution in [0.2, 0.25) is 0 Å². The van der Waals surface area contributed by atoms with Gasteiger partial charge in [-0.1, -0.05) is 6.07 Å². The third-order valence-electron chi connectivity index (χ3n) is 4.18. The van der Waals surface area contributed by atoms with E-state index < -0.39 is 11.7 Å². The van der Waals surface area contributed by atoms with Crippen molar-refractivity contribution in [1.29, 1.82) is 0 Å². The van der Waals surface area contributed by atoms with Crippen LogP contribution >= 0.6 is 0 Å². The Hall–Kier alpha value is -2.87. The molecule has 1 fully saturated rings. The lowest BCUT2D eigenvalue weighted by atomic mass is 10.1. The second-order valence-corrected chi connectivity index (χ2v) is 5.81. The van der Waals surface area contributed by atoms with Gasteiger partial charge in [0.2, 0.25) is 5.95 Å². The van der Waals surface area contributed by atoms with E-state index >= 15 is 0 Å². The molecule has 1 aromatic carbocycles. The van der Waals surface area contributed by atoms with Gasteiger partial charge in [0.25, 0.3) is 5.91 Å². The highest BCUT2D eigenvalue weighted by atomic mass is 16.3. The Morgan fingerprint density at radius 3 is 2.52 bits per heavy atom. The molecule has 1 aliphatic rings. The van der Waals surface area contributed by atoms with E-state index in [1.165, 1.54) is 18.2 Å². The van der Waals surface area contributed by atoms with Crippen LogP contribution < -0.4 is 10.2 Å². The number of piperazine rings is 1. The van der Waals surface area contributed by atoms with Crippen LogP contribution in [0.3, 0.4) is 0 Å². The average molecular weight is 343 g/mol. The topological polar surface area (TPSA) is 102 Å². The van der Waals surface area contributed by atoms with Gasteiger partial charge < -0.3 is 20.4 Å². The summed E-state index contributed by atoms with van der Waals surface area (Å²) in [6.45, 7) is 4.60. The van der Waals surface area contributed by atoms with Gasteiger partial charge in [-0.05, 0) is 18.2 Å². The molecule has 1 saturated heterocycles. The van der Waals surface area contributed by atoms with Crippen LogP contribution in [-0.2, 0) is 0 Å². The van der Waals surface area contributed by atoms with Crippen molar-refractivity contribution in [3.8, 4) is 11.5 Å². The normalized spacial score (nSPS) is 15.1. The third-order valence-corrected chi connectivity index (χ3v) is 4.18. The zero-order valence-corrected chi connectivity index (χ0v) is 13.8. The lowest BCUT2D eigenvalue weighted by molar-refractivity contribution is 0.0944. The van der Waals surface area contributed by atoms with Crippen LogP contribution in [0.15, 0.2) is 36.7 Å². The molecule has 0 bridgehead atoms. The van der Waals surface area contributed by atoms with Crippen molar-refractivity contribution in [2.45, 2.75) is 0 Å². The minimum Gasteiger partial charge on any atom is -0.504 e. The maximum absolute atomic E-state index is 12.1.